The van der Waals surface area contributed by atoms with Crippen molar-refractivity contribution in [2.75, 3.05) is 19.0 Å². The van der Waals surface area contributed by atoms with Crippen molar-refractivity contribution >= 4 is 11.6 Å². The molecule has 0 atom stereocenters. The van der Waals surface area contributed by atoms with Gasteiger partial charge in [-0.15, -0.1) is 0 Å². The summed E-state index contributed by atoms with van der Waals surface area (Å²) in [5.74, 6) is 2.39. The van der Waals surface area contributed by atoms with Gasteiger partial charge in [0.1, 0.15) is 23.0 Å². The second-order valence-corrected chi connectivity index (χ2v) is 5.93. The highest BCUT2D eigenvalue weighted by Crippen LogP contribution is 2.26. The number of ether oxygens (including phenoxy) is 3. The van der Waals surface area contributed by atoms with Crippen molar-refractivity contribution in [1.29, 1.82) is 0 Å². The quantitative estimate of drug-likeness (QED) is 0.654. The Hall–Kier alpha value is -3.47. The lowest BCUT2D eigenvalue weighted by molar-refractivity contribution is -0.118. The van der Waals surface area contributed by atoms with Crippen LogP contribution in [0.3, 0.4) is 0 Å². The highest BCUT2D eigenvalue weighted by molar-refractivity contribution is 5.93. The summed E-state index contributed by atoms with van der Waals surface area (Å²) >= 11 is 0. The van der Waals surface area contributed by atoms with Gasteiger partial charge >= 0.3 is 0 Å². The minimum atomic E-state index is -0.261. The summed E-state index contributed by atoms with van der Waals surface area (Å²) in [4.78, 5) is 12.2. The van der Waals surface area contributed by atoms with E-state index in [2.05, 4.69) is 5.32 Å². The van der Waals surface area contributed by atoms with Gasteiger partial charge in [-0.25, -0.2) is 0 Å². The topological polar surface area (TPSA) is 56.8 Å². The molecule has 0 unspecified atom stereocenters. The molecular weight excluding hydrogens is 342 g/mol. The number of nitrogens with one attached hydrogen (secondary N) is 1. The number of carbonyl (C=O) groups is 1. The van der Waals surface area contributed by atoms with E-state index in [4.69, 9.17) is 14.2 Å². The first kappa shape index (κ1) is 18.3. The molecule has 27 heavy (non-hydrogen) atoms. The van der Waals surface area contributed by atoms with Gasteiger partial charge in [-0.3, -0.25) is 4.79 Å². The molecule has 0 aliphatic carbocycles. The molecule has 0 bridgehead atoms. The van der Waals surface area contributed by atoms with E-state index in [9.17, 15) is 4.79 Å². The number of amides is 1. The number of para-hydroxylation sites is 1. The van der Waals surface area contributed by atoms with Gasteiger partial charge in [-0.2, -0.15) is 0 Å². The van der Waals surface area contributed by atoms with Gasteiger partial charge in [0.15, 0.2) is 6.61 Å². The van der Waals surface area contributed by atoms with Gasteiger partial charge in [0.2, 0.25) is 0 Å². The van der Waals surface area contributed by atoms with E-state index >= 15 is 0 Å². The first-order chi connectivity index (χ1) is 13.1. The normalized spacial score (nSPS) is 10.1. The maximum atomic E-state index is 12.2. The zero-order chi connectivity index (χ0) is 19.1. The van der Waals surface area contributed by atoms with Gasteiger partial charge in [-0.05, 0) is 61.0 Å². The van der Waals surface area contributed by atoms with E-state index in [0.717, 1.165) is 11.3 Å². The van der Waals surface area contributed by atoms with Gasteiger partial charge in [-0.1, -0.05) is 24.3 Å². The Labute approximate surface area is 158 Å². The molecule has 0 saturated heterocycles. The molecule has 1 amide bonds. The highest BCUT2D eigenvalue weighted by atomic mass is 16.5. The number of aryl methyl sites for hydroxylation is 1. The third-order valence-electron chi connectivity index (χ3n) is 3.80. The molecule has 0 fully saturated rings. The van der Waals surface area contributed by atoms with Crippen molar-refractivity contribution in [3.05, 3.63) is 78.4 Å². The fourth-order valence-corrected chi connectivity index (χ4v) is 2.48. The van der Waals surface area contributed by atoms with Crippen LogP contribution in [0.5, 0.6) is 23.0 Å². The van der Waals surface area contributed by atoms with Crippen LogP contribution >= 0.6 is 0 Å². The van der Waals surface area contributed by atoms with Crippen molar-refractivity contribution in [2.45, 2.75) is 6.92 Å². The van der Waals surface area contributed by atoms with E-state index in [1.807, 2.05) is 55.5 Å². The Balaban J connectivity index is 1.54. The highest BCUT2D eigenvalue weighted by Gasteiger charge is 2.09. The first-order valence-corrected chi connectivity index (χ1v) is 8.54. The first-order valence-electron chi connectivity index (χ1n) is 8.54. The summed E-state index contributed by atoms with van der Waals surface area (Å²) in [7, 11) is 1.57. The predicted octanol–water partition coefficient (Wildman–Crippen LogP) is 4.81. The third-order valence-corrected chi connectivity index (χ3v) is 3.80. The van der Waals surface area contributed by atoms with Crippen LogP contribution < -0.4 is 19.5 Å². The number of rotatable bonds is 7. The predicted molar refractivity (Wildman–Crippen MR) is 105 cm³/mol. The summed E-state index contributed by atoms with van der Waals surface area (Å²) in [6, 6.07) is 22.2. The van der Waals surface area contributed by atoms with Crippen LogP contribution in [0, 0.1) is 6.92 Å². The second kappa shape index (κ2) is 8.76. The van der Waals surface area contributed by atoms with Crippen LogP contribution in [0.15, 0.2) is 72.8 Å². The molecule has 3 rings (SSSR count). The van der Waals surface area contributed by atoms with Crippen molar-refractivity contribution in [3.63, 3.8) is 0 Å². The fraction of sp³-hybridized carbons (Fsp3) is 0.136. The minimum Gasteiger partial charge on any atom is -0.495 e. The Kier molecular flexibility index (Phi) is 5.94. The zero-order valence-corrected chi connectivity index (χ0v) is 15.3. The van der Waals surface area contributed by atoms with Gasteiger partial charge in [0.05, 0.1) is 12.8 Å². The van der Waals surface area contributed by atoms with Gasteiger partial charge < -0.3 is 19.5 Å². The summed E-state index contributed by atoms with van der Waals surface area (Å²) in [6.07, 6.45) is 0. The molecule has 0 radical (unpaired) electrons. The van der Waals surface area contributed by atoms with Crippen LogP contribution in [0.4, 0.5) is 5.69 Å². The third kappa shape index (κ3) is 5.25. The molecule has 0 heterocycles. The Morgan fingerprint density at radius 2 is 1.56 bits per heavy atom. The van der Waals surface area contributed by atoms with Crippen molar-refractivity contribution in [1.82, 2.24) is 0 Å². The number of carbonyl (C=O) groups excluding carboxylic acids is 1. The van der Waals surface area contributed by atoms with Crippen molar-refractivity contribution < 1.29 is 19.0 Å². The minimum absolute atomic E-state index is 0.101. The summed E-state index contributed by atoms with van der Waals surface area (Å²) in [6.45, 7) is 1.85. The van der Waals surface area contributed by atoms with Crippen molar-refractivity contribution in [2.24, 2.45) is 0 Å². The lowest BCUT2D eigenvalue weighted by atomic mass is 10.2. The van der Waals surface area contributed by atoms with E-state index in [0.29, 0.717) is 22.9 Å². The van der Waals surface area contributed by atoms with Crippen LogP contribution in [-0.2, 0) is 4.79 Å². The second-order valence-electron chi connectivity index (χ2n) is 5.93. The van der Waals surface area contributed by atoms with E-state index in [1.165, 1.54) is 0 Å². The lowest BCUT2D eigenvalue weighted by Crippen LogP contribution is -2.20. The number of benzene rings is 3. The Morgan fingerprint density at radius 1 is 0.889 bits per heavy atom. The summed E-state index contributed by atoms with van der Waals surface area (Å²) in [5, 5.41) is 2.80. The molecule has 0 aromatic heterocycles. The molecule has 1 N–H and O–H groups in total. The fourth-order valence-electron chi connectivity index (χ4n) is 2.48. The standard InChI is InChI=1S/C22H21NO4/c1-16-8-13-21(25-2)20(14-16)23-22(24)15-26-17-9-11-19(12-10-17)27-18-6-4-3-5-7-18/h3-14H,15H2,1-2H3,(H,23,24). The largest absolute Gasteiger partial charge is 0.495 e. The Bertz CT molecular complexity index is 892. The Morgan fingerprint density at radius 3 is 2.26 bits per heavy atom. The number of methoxy groups -OCH3 is 1. The molecule has 3 aromatic carbocycles. The maximum Gasteiger partial charge on any atom is 0.262 e. The van der Waals surface area contributed by atoms with E-state index < -0.39 is 0 Å². The van der Waals surface area contributed by atoms with Crippen LogP contribution in [0.2, 0.25) is 0 Å². The average Bonchev–Trinajstić information content (AvgIpc) is 2.68. The van der Waals surface area contributed by atoms with E-state index in [-0.39, 0.29) is 12.5 Å². The maximum absolute atomic E-state index is 12.2. The molecule has 0 aliphatic heterocycles. The van der Waals surface area contributed by atoms with Crippen LogP contribution in [0.1, 0.15) is 5.56 Å². The van der Waals surface area contributed by atoms with E-state index in [1.54, 1.807) is 31.4 Å². The molecular formula is C22H21NO4. The average molecular weight is 363 g/mol. The monoisotopic (exact) mass is 363 g/mol. The summed E-state index contributed by atoms with van der Waals surface area (Å²) in [5.41, 5.74) is 1.65. The van der Waals surface area contributed by atoms with Crippen LogP contribution in [0.25, 0.3) is 0 Å². The molecule has 0 spiro atoms. The number of hydrogen-bond donors (Lipinski definition) is 1. The molecule has 3 aromatic rings. The number of hydrogen-bond acceptors (Lipinski definition) is 4. The van der Waals surface area contributed by atoms with Crippen molar-refractivity contribution in [3.8, 4) is 23.0 Å². The SMILES string of the molecule is COc1ccc(C)cc1NC(=O)COc1ccc(Oc2ccccc2)cc1. The molecule has 5 heteroatoms. The molecule has 0 aliphatic rings. The lowest BCUT2D eigenvalue weighted by Gasteiger charge is -2.12. The smallest absolute Gasteiger partial charge is 0.262 e. The van der Waals surface area contributed by atoms with Crippen LogP contribution in [-0.4, -0.2) is 19.6 Å². The zero-order valence-electron chi connectivity index (χ0n) is 15.3. The molecule has 0 saturated carbocycles. The molecule has 5 nitrogen and oxygen atoms in total. The van der Waals surface area contributed by atoms with Gasteiger partial charge in [0.25, 0.3) is 5.91 Å². The number of anilines is 1. The molecule has 138 valence electrons. The summed E-state index contributed by atoms with van der Waals surface area (Å²) < 4.78 is 16.5. The van der Waals surface area contributed by atoms with Gasteiger partial charge in [0, 0.05) is 0 Å².